The molecule has 0 saturated heterocycles. The Labute approximate surface area is 64.7 Å². The first-order chi connectivity index (χ1) is 4.91. The number of aliphatic hydroxyl groups excluding tert-OH is 2. The highest BCUT2D eigenvalue weighted by molar-refractivity contribution is 7.45. The molecular formula is C4H13O6P. The Hall–Kier alpha value is -0.230. The molecule has 0 aliphatic carbocycles. The lowest BCUT2D eigenvalue weighted by atomic mass is 10.8. The van der Waals surface area contributed by atoms with Crippen molar-refractivity contribution in [3.63, 3.8) is 0 Å². The van der Waals surface area contributed by atoms with Crippen molar-refractivity contribution < 1.29 is 29.5 Å². The van der Waals surface area contributed by atoms with Gasteiger partial charge in [0.2, 0.25) is 0 Å². The van der Waals surface area contributed by atoms with E-state index in [-0.39, 0.29) is 13.2 Å². The van der Waals surface area contributed by atoms with Gasteiger partial charge < -0.3 is 24.9 Å². The molecule has 0 unspecified atom stereocenters. The lowest BCUT2D eigenvalue weighted by Gasteiger charge is -1.82. The number of aliphatic hydroxyl groups is 2. The summed E-state index contributed by atoms with van der Waals surface area (Å²) in [5, 5.41) is 15.2. The van der Waals surface area contributed by atoms with Crippen molar-refractivity contribution in [3.8, 4) is 0 Å². The lowest BCUT2D eigenvalue weighted by Crippen LogP contribution is -1.85. The van der Waals surface area contributed by atoms with E-state index in [1.807, 2.05) is 0 Å². The second-order valence-electron chi connectivity index (χ2n) is 0.960. The van der Waals surface area contributed by atoms with Gasteiger partial charge in [0.25, 0.3) is 0 Å². The van der Waals surface area contributed by atoms with Gasteiger partial charge in [-0.3, -0.25) is 0 Å². The Morgan fingerprint density at radius 2 is 1.09 bits per heavy atom. The molecule has 5 N–H and O–H groups in total. The number of hydrogen-bond acceptors (Lipinski definition) is 3. The molecule has 0 heterocycles. The Morgan fingerprint density at radius 3 is 1.09 bits per heavy atom. The average molecular weight is 188 g/mol. The van der Waals surface area contributed by atoms with Gasteiger partial charge in [-0.2, -0.15) is 0 Å². The highest BCUT2D eigenvalue weighted by atomic mass is 31.2. The maximum absolute atomic E-state index is 8.88. The standard InChI is InChI=1S/C2H6O2.C2H4.H3O4P/c3-1-2-4;1-2;1-5(2,3)4/h3-4H,1-2H2;1-2H2;(H3,1,2,3,4). The van der Waals surface area contributed by atoms with E-state index in [1.165, 1.54) is 0 Å². The van der Waals surface area contributed by atoms with Gasteiger partial charge in [0, 0.05) is 0 Å². The molecule has 0 aromatic heterocycles. The lowest BCUT2D eigenvalue weighted by molar-refractivity contribution is 0.186. The van der Waals surface area contributed by atoms with E-state index >= 15 is 0 Å². The fourth-order valence-electron chi connectivity index (χ4n) is 0. The third-order valence-corrected chi connectivity index (χ3v) is 0.1000. The normalized spacial score (nSPS) is 8.45. The van der Waals surface area contributed by atoms with Gasteiger partial charge in [0.05, 0.1) is 13.2 Å². The van der Waals surface area contributed by atoms with Gasteiger partial charge in [-0.05, 0) is 0 Å². The van der Waals surface area contributed by atoms with E-state index in [0.29, 0.717) is 0 Å². The van der Waals surface area contributed by atoms with Gasteiger partial charge in [-0.15, -0.1) is 13.2 Å². The minimum atomic E-state index is -4.64. The third kappa shape index (κ3) is 995. The van der Waals surface area contributed by atoms with Crippen LogP contribution in [0.5, 0.6) is 0 Å². The summed E-state index contributed by atoms with van der Waals surface area (Å²) in [7, 11) is -4.64. The van der Waals surface area contributed by atoms with E-state index in [9.17, 15) is 0 Å². The van der Waals surface area contributed by atoms with Crippen LogP contribution in [0.15, 0.2) is 13.2 Å². The molecule has 0 amide bonds. The number of phosphoric acid groups is 1. The van der Waals surface area contributed by atoms with Crippen LogP contribution in [0.3, 0.4) is 0 Å². The summed E-state index contributed by atoms with van der Waals surface area (Å²) in [5.41, 5.74) is 0. The fraction of sp³-hybridized carbons (Fsp3) is 0.500. The summed E-state index contributed by atoms with van der Waals surface area (Å²) in [6.07, 6.45) is 0. The molecule has 0 rings (SSSR count). The Bertz CT molecular complexity index is 88.5. The van der Waals surface area contributed by atoms with Crippen molar-refractivity contribution in [2.75, 3.05) is 13.2 Å². The summed E-state index contributed by atoms with van der Waals surface area (Å²) in [6, 6.07) is 0. The molecule has 70 valence electrons. The van der Waals surface area contributed by atoms with Crippen molar-refractivity contribution in [1.82, 2.24) is 0 Å². The van der Waals surface area contributed by atoms with Gasteiger partial charge in [-0.25, -0.2) is 4.57 Å². The van der Waals surface area contributed by atoms with E-state index in [2.05, 4.69) is 13.2 Å². The smallest absolute Gasteiger partial charge is 0.394 e. The molecule has 0 aromatic rings. The highest BCUT2D eigenvalue weighted by Crippen LogP contribution is 2.25. The summed E-state index contributed by atoms with van der Waals surface area (Å²) in [5.74, 6) is 0. The first kappa shape index (κ1) is 17.0. The molecule has 0 saturated carbocycles. The Kier molecular flexibility index (Phi) is 19.3. The third-order valence-electron chi connectivity index (χ3n) is 0.1000. The van der Waals surface area contributed by atoms with E-state index in [1.54, 1.807) is 0 Å². The van der Waals surface area contributed by atoms with Crippen LogP contribution < -0.4 is 0 Å². The number of hydrogen-bond donors (Lipinski definition) is 5. The molecule has 0 radical (unpaired) electrons. The average Bonchev–Trinajstić information content (AvgIpc) is 1.89. The largest absolute Gasteiger partial charge is 0.466 e. The molecule has 0 atom stereocenters. The van der Waals surface area contributed by atoms with Crippen LogP contribution in [0.4, 0.5) is 0 Å². The molecule has 6 nitrogen and oxygen atoms in total. The fourth-order valence-corrected chi connectivity index (χ4v) is 0. The predicted molar refractivity (Wildman–Crippen MR) is 39.7 cm³/mol. The van der Waals surface area contributed by atoms with Gasteiger partial charge >= 0.3 is 7.82 Å². The SMILES string of the molecule is C=C.O=P(O)(O)O.OCCO. The molecular weight excluding hydrogens is 175 g/mol. The topological polar surface area (TPSA) is 118 Å². The second kappa shape index (κ2) is 12.4. The summed E-state index contributed by atoms with van der Waals surface area (Å²) in [6.45, 7) is 5.75. The second-order valence-corrected chi connectivity index (χ2v) is 1.99. The van der Waals surface area contributed by atoms with Crippen LogP contribution in [0.2, 0.25) is 0 Å². The first-order valence-corrected chi connectivity index (χ1v) is 3.98. The Morgan fingerprint density at radius 1 is 1.00 bits per heavy atom. The Balaban J connectivity index is -0.0000000965. The minimum absolute atomic E-state index is 0.125. The van der Waals surface area contributed by atoms with Crippen LogP contribution in [0, 0.1) is 0 Å². The predicted octanol–water partition coefficient (Wildman–Crippen LogP) is -1.16. The highest BCUT2D eigenvalue weighted by Gasteiger charge is 2.00. The van der Waals surface area contributed by atoms with Crippen molar-refractivity contribution in [2.45, 2.75) is 0 Å². The molecule has 0 aromatic carbocycles. The quantitative estimate of drug-likeness (QED) is 0.262. The van der Waals surface area contributed by atoms with Crippen molar-refractivity contribution >= 4 is 7.82 Å². The van der Waals surface area contributed by atoms with Crippen molar-refractivity contribution in [1.29, 1.82) is 0 Å². The van der Waals surface area contributed by atoms with Gasteiger partial charge in [-0.1, -0.05) is 0 Å². The molecule has 0 aliphatic rings. The summed E-state index contributed by atoms with van der Waals surface area (Å²) < 4.78 is 8.88. The maximum atomic E-state index is 8.88. The molecule has 0 spiro atoms. The molecule has 11 heavy (non-hydrogen) atoms. The van der Waals surface area contributed by atoms with Gasteiger partial charge in [0.15, 0.2) is 0 Å². The number of rotatable bonds is 1. The van der Waals surface area contributed by atoms with Gasteiger partial charge in [0.1, 0.15) is 0 Å². The first-order valence-electron chi connectivity index (χ1n) is 2.42. The van der Waals surface area contributed by atoms with Crippen molar-refractivity contribution in [2.24, 2.45) is 0 Å². The monoisotopic (exact) mass is 188 g/mol. The van der Waals surface area contributed by atoms with E-state index in [0.717, 1.165) is 0 Å². The summed E-state index contributed by atoms with van der Waals surface area (Å²) in [4.78, 5) is 21.6. The van der Waals surface area contributed by atoms with Crippen LogP contribution >= 0.6 is 7.82 Å². The van der Waals surface area contributed by atoms with Crippen molar-refractivity contribution in [3.05, 3.63) is 13.2 Å². The molecule has 0 aliphatic heterocycles. The van der Waals surface area contributed by atoms with E-state index in [4.69, 9.17) is 29.5 Å². The minimum Gasteiger partial charge on any atom is -0.394 e. The zero-order valence-corrected chi connectivity index (χ0v) is 6.81. The molecule has 0 bridgehead atoms. The molecule has 7 heteroatoms. The van der Waals surface area contributed by atoms with E-state index < -0.39 is 7.82 Å². The summed E-state index contributed by atoms with van der Waals surface area (Å²) >= 11 is 0. The zero-order chi connectivity index (χ0) is 9.91. The van der Waals surface area contributed by atoms with Crippen LogP contribution in [-0.2, 0) is 4.57 Å². The molecule has 0 fully saturated rings. The maximum Gasteiger partial charge on any atom is 0.466 e. The van der Waals surface area contributed by atoms with Crippen LogP contribution in [0.25, 0.3) is 0 Å². The van der Waals surface area contributed by atoms with Crippen LogP contribution in [0.1, 0.15) is 0 Å². The zero-order valence-electron chi connectivity index (χ0n) is 5.92. The van der Waals surface area contributed by atoms with Crippen LogP contribution in [-0.4, -0.2) is 38.1 Å².